The summed E-state index contributed by atoms with van der Waals surface area (Å²) >= 11 is 12.3. The standard InChI is InChI=1S/C16H15Cl2N5O3/c1-8-9(6-13(24)26-2)14(25)23-16(20-8)21-15(22-23)19-7-10-11(17)4-3-5-12(10)18/h3-5H,6-7H2,1-2H3,(H2,19,20,21,22). The van der Waals surface area contributed by atoms with Gasteiger partial charge in [-0.2, -0.15) is 9.50 Å². The molecule has 8 nitrogen and oxygen atoms in total. The fraction of sp³-hybridized carbons (Fsp3) is 0.250. The molecule has 0 amide bonds. The molecule has 2 N–H and O–H groups in total. The largest absolute Gasteiger partial charge is 0.469 e. The van der Waals surface area contributed by atoms with Gasteiger partial charge in [-0.1, -0.05) is 29.3 Å². The number of carbonyl (C=O) groups is 1. The van der Waals surface area contributed by atoms with Gasteiger partial charge in [0.25, 0.3) is 11.3 Å². The Balaban J connectivity index is 1.91. The number of carbonyl (C=O) groups excluding carboxylic acids is 1. The highest BCUT2D eigenvalue weighted by atomic mass is 35.5. The first-order valence-corrected chi connectivity index (χ1v) is 8.38. The van der Waals surface area contributed by atoms with Gasteiger partial charge in [0.15, 0.2) is 0 Å². The molecule has 2 heterocycles. The molecule has 0 aliphatic heterocycles. The third-order valence-corrected chi connectivity index (χ3v) is 4.55. The molecule has 136 valence electrons. The summed E-state index contributed by atoms with van der Waals surface area (Å²) in [6, 6.07) is 5.22. The highest BCUT2D eigenvalue weighted by Gasteiger charge is 2.16. The summed E-state index contributed by atoms with van der Waals surface area (Å²) in [4.78, 5) is 32.5. The van der Waals surface area contributed by atoms with Crippen LogP contribution in [0.2, 0.25) is 10.0 Å². The van der Waals surface area contributed by atoms with E-state index in [2.05, 4.69) is 25.1 Å². The number of hydrogen-bond donors (Lipinski definition) is 2. The lowest BCUT2D eigenvalue weighted by Crippen LogP contribution is -2.24. The summed E-state index contributed by atoms with van der Waals surface area (Å²) in [5.41, 5.74) is 0.972. The van der Waals surface area contributed by atoms with Gasteiger partial charge in [0, 0.05) is 22.2 Å². The maximum atomic E-state index is 12.6. The van der Waals surface area contributed by atoms with Crippen LogP contribution >= 0.6 is 23.2 Å². The van der Waals surface area contributed by atoms with E-state index >= 15 is 0 Å². The third-order valence-electron chi connectivity index (χ3n) is 3.84. The Morgan fingerprint density at radius 1 is 1.27 bits per heavy atom. The van der Waals surface area contributed by atoms with Gasteiger partial charge in [0.2, 0.25) is 5.95 Å². The predicted molar refractivity (Wildman–Crippen MR) is 97.9 cm³/mol. The summed E-state index contributed by atoms with van der Waals surface area (Å²) < 4.78 is 5.78. The van der Waals surface area contributed by atoms with Crippen LogP contribution in [0.1, 0.15) is 16.8 Å². The molecule has 10 heteroatoms. The van der Waals surface area contributed by atoms with Gasteiger partial charge in [0.1, 0.15) is 0 Å². The highest BCUT2D eigenvalue weighted by molar-refractivity contribution is 6.36. The summed E-state index contributed by atoms with van der Waals surface area (Å²) in [5, 5.41) is 6.88. The second-order valence-electron chi connectivity index (χ2n) is 5.50. The molecule has 26 heavy (non-hydrogen) atoms. The van der Waals surface area contributed by atoms with Gasteiger partial charge in [-0.15, -0.1) is 0 Å². The number of esters is 1. The molecular formula is C16H15Cl2N5O3. The van der Waals surface area contributed by atoms with Crippen LogP contribution in [0, 0.1) is 6.92 Å². The minimum atomic E-state index is -0.516. The smallest absolute Gasteiger partial charge is 0.310 e. The SMILES string of the molecule is COC(=O)Cc1c(C)nc2nc(NCc3c(Cl)cccc3Cl)[nH]n2c1=O. The first-order valence-electron chi connectivity index (χ1n) is 7.62. The second-order valence-corrected chi connectivity index (χ2v) is 6.31. The minimum Gasteiger partial charge on any atom is -0.469 e. The van der Waals surface area contributed by atoms with E-state index in [0.717, 1.165) is 0 Å². The van der Waals surface area contributed by atoms with E-state index in [1.54, 1.807) is 25.1 Å². The topological polar surface area (TPSA) is 101 Å². The summed E-state index contributed by atoms with van der Waals surface area (Å²) in [7, 11) is 1.26. The molecule has 0 aliphatic carbocycles. The molecule has 0 radical (unpaired) electrons. The maximum Gasteiger partial charge on any atom is 0.310 e. The Morgan fingerprint density at radius 3 is 2.62 bits per heavy atom. The number of ether oxygens (including phenoxy) is 1. The lowest BCUT2D eigenvalue weighted by Gasteiger charge is -2.07. The fourth-order valence-electron chi connectivity index (χ4n) is 2.43. The monoisotopic (exact) mass is 395 g/mol. The van der Waals surface area contributed by atoms with Gasteiger partial charge in [-0.3, -0.25) is 14.7 Å². The van der Waals surface area contributed by atoms with E-state index in [1.807, 2.05) is 0 Å². The molecule has 0 bridgehead atoms. The molecular weight excluding hydrogens is 381 g/mol. The van der Waals surface area contributed by atoms with Gasteiger partial charge >= 0.3 is 5.97 Å². The Morgan fingerprint density at radius 2 is 1.96 bits per heavy atom. The van der Waals surface area contributed by atoms with Crippen molar-refractivity contribution >= 4 is 40.9 Å². The van der Waals surface area contributed by atoms with Crippen molar-refractivity contribution < 1.29 is 9.53 Å². The van der Waals surface area contributed by atoms with E-state index in [1.165, 1.54) is 11.6 Å². The van der Waals surface area contributed by atoms with Crippen LogP contribution in [0.15, 0.2) is 23.0 Å². The molecule has 0 aliphatic rings. The van der Waals surface area contributed by atoms with Crippen LogP contribution in [0.4, 0.5) is 5.95 Å². The van der Waals surface area contributed by atoms with Crippen LogP contribution in [-0.4, -0.2) is 32.7 Å². The second kappa shape index (κ2) is 7.35. The zero-order chi connectivity index (χ0) is 18.8. The van der Waals surface area contributed by atoms with Crippen molar-refractivity contribution in [2.75, 3.05) is 12.4 Å². The predicted octanol–water partition coefficient (Wildman–Crippen LogP) is 2.36. The third kappa shape index (κ3) is 3.51. The van der Waals surface area contributed by atoms with Crippen LogP contribution in [0.5, 0.6) is 0 Å². The van der Waals surface area contributed by atoms with Gasteiger partial charge < -0.3 is 10.1 Å². The van der Waals surface area contributed by atoms with Gasteiger partial charge in [0.05, 0.1) is 24.8 Å². The van der Waals surface area contributed by atoms with E-state index in [-0.39, 0.29) is 17.8 Å². The number of halogens is 2. The number of benzene rings is 1. The number of aromatic amines is 1. The van der Waals surface area contributed by atoms with Gasteiger partial charge in [-0.25, -0.2) is 4.98 Å². The van der Waals surface area contributed by atoms with Crippen LogP contribution < -0.4 is 10.9 Å². The molecule has 0 unspecified atom stereocenters. The number of rotatable bonds is 5. The number of aryl methyl sites for hydroxylation is 1. The number of methoxy groups -OCH3 is 1. The van der Waals surface area contributed by atoms with Crippen LogP contribution in [0.25, 0.3) is 5.78 Å². The number of anilines is 1. The van der Waals surface area contributed by atoms with Crippen molar-refractivity contribution in [2.24, 2.45) is 0 Å². The molecule has 1 aromatic carbocycles. The summed E-state index contributed by atoms with van der Waals surface area (Å²) in [6.45, 7) is 1.95. The molecule has 3 rings (SSSR count). The Bertz CT molecular complexity index is 1020. The van der Waals surface area contributed by atoms with Crippen molar-refractivity contribution in [1.82, 2.24) is 19.6 Å². The normalized spacial score (nSPS) is 10.9. The van der Waals surface area contributed by atoms with Crippen LogP contribution in [0.3, 0.4) is 0 Å². The Labute approximate surface area is 158 Å². The lowest BCUT2D eigenvalue weighted by molar-refractivity contribution is -0.139. The van der Waals surface area contributed by atoms with Crippen molar-refractivity contribution in [3.63, 3.8) is 0 Å². The first kappa shape index (κ1) is 18.2. The molecule has 0 saturated heterocycles. The van der Waals surface area contributed by atoms with E-state index in [4.69, 9.17) is 23.2 Å². The Hall–Kier alpha value is -2.58. The molecule has 3 aromatic rings. The summed E-state index contributed by atoms with van der Waals surface area (Å²) in [6.07, 6.45) is -0.159. The molecule has 0 fully saturated rings. The molecule has 0 atom stereocenters. The average Bonchev–Trinajstić information content (AvgIpc) is 3.01. The molecule has 2 aromatic heterocycles. The molecule has 0 spiro atoms. The van der Waals surface area contributed by atoms with E-state index < -0.39 is 11.5 Å². The number of fused-ring (bicyclic) bond motifs is 1. The van der Waals surface area contributed by atoms with Crippen LogP contribution in [-0.2, 0) is 22.5 Å². The van der Waals surface area contributed by atoms with Crippen molar-refractivity contribution in [2.45, 2.75) is 19.9 Å². The first-order chi connectivity index (χ1) is 12.4. The summed E-state index contributed by atoms with van der Waals surface area (Å²) in [5.74, 6) is -0.00718. The number of nitrogens with zero attached hydrogens (tertiary/aromatic N) is 3. The number of aromatic nitrogens is 4. The fourth-order valence-corrected chi connectivity index (χ4v) is 2.96. The zero-order valence-corrected chi connectivity index (χ0v) is 15.5. The van der Waals surface area contributed by atoms with E-state index in [9.17, 15) is 9.59 Å². The zero-order valence-electron chi connectivity index (χ0n) is 14.0. The minimum absolute atomic E-state index is 0.159. The van der Waals surface area contributed by atoms with Gasteiger partial charge in [-0.05, 0) is 19.1 Å². The van der Waals surface area contributed by atoms with Crippen molar-refractivity contribution in [1.29, 1.82) is 0 Å². The van der Waals surface area contributed by atoms with Crippen molar-refractivity contribution in [3.8, 4) is 0 Å². The quantitative estimate of drug-likeness (QED) is 0.642. The van der Waals surface area contributed by atoms with Crippen molar-refractivity contribution in [3.05, 3.63) is 55.4 Å². The Kier molecular flexibility index (Phi) is 5.15. The number of nitrogens with one attached hydrogen (secondary N) is 2. The number of hydrogen-bond acceptors (Lipinski definition) is 6. The highest BCUT2D eigenvalue weighted by Crippen LogP contribution is 2.24. The molecule has 0 saturated carbocycles. The lowest BCUT2D eigenvalue weighted by atomic mass is 10.2. The number of H-pyrrole nitrogens is 1. The average molecular weight is 396 g/mol. The maximum absolute atomic E-state index is 12.6. The van der Waals surface area contributed by atoms with E-state index in [0.29, 0.717) is 33.8 Å².